The highest BCUT2D eigenvalue weighted by molar-refractivity contribution is 5.78. The average Bonchev–Trinajstić information content (AvgIpc) is 3.27. The van der Waals surface area contributed by atoms with Crippen LogP contribution in [0.15, 0.2) is 24.3 Å². The Labute approximate surface area is 189 Å². The van der Waals surface area contributed by atoms with Crippen molar-refractivity contribution in [3.05, 3.63) is 35.4 Å². The largest absolute Gasteiger partial charge is 0.354 e. The lowest BCUT2D eigenvalue weighted by Crippen LogP contribution is -2.49. The van der Waals surface area contributed by atoms with Crippen LogP contribution in [0.2, 0.25) is 0 Å². The van der Waals surface area contributed by atoms with Crippen LogP contribution in [0.3, 0.4) is 0 Å². The van der Waals surface area contributed by atoms with Crippen LogP contribution in [-0.2, 0) is 11.3 Å². The van der Waals surface area contributed by atoms with E-state index in [-0.39, 0.29) is 5.92 Å². The Morgan fingerprint density at radius 3 is 2.45 bits per heavy atom. The van der Waals surface area contributed by atoms with Crippen molar-refractivity contribution in [2.24, 2.45) is 5.92 Å². The van der Waals surface area contributed by atoms with Gasteiger partial charge in [0.05, 0.1) is 0 Å². The molecule has 1 N–H and O–H groups in total. The molecule has 3 fully saturated rings. The molecule has 31 heavy (non-hydrogen) atoms. The molecular weight excluding hydrogens is 384 g/mol. The summed E-state index contributed by atoms with van der Waals surface area (Å²) in [4.78, 5) is 20.5. The van der Waals surface area contributed by atoms with Crippen molar-refractivity contribution in [3.8, 4) is 0 Å². The first kappa shape index (κ1) is 22.8. The Bertz CT molecular complexity index is 707. The maximum atomic E-state index is 12.7. The van der Waals surface area contributed by atoms with E-state index in [1.807, 2.05) is 0 Å². The number of rotatable bonds is 7. The standard InChI is InChI=1S/C26H42N4O/c1-3-29-14-6-9-25(29)19-27-26(31)22-10-17-30(18-11-22)24-12-15-28(16-13-24)20-23-8-5-4-7-21(23)2/h4-5,7-8,22,24-25H,3,6,9-20H2,1-2H3,(H,27,31)/t25-/m1/s1. The van der Waals surface area contributed by atoms with E-state index in [0.717, 1.165) is 45.6 Å². The molecular formula is C26H42N4O. The second-order valence-corrected chi connectivity index (χ2v) is 9.91. The van der Waals surface area contributed by atoms with Gasteiger partial charge in [-0.05, 0) is 95.8 Å². The minimum Gasteiger partial charge on any atom is -0.354 e. The van der Waals surface area contributed by atoms with Gasteiger partial charge in [-0.2, -0.15) is 0 Å². The fourth-order valence-corrected chi connectivity index (χ4v) is 5.90. The number of piperidine rings is 2. The molecule has 1 aromatic carbocycles. The molecule has 0 aliphatic carbocycles. The van der Waals surface area contributed by atoms with Gasteiger partial charge in [-0.15, -0.1) is 0 Å². The lowest BCUT2D eigenvalue weighted by molar-refractivity contribution is -0.127. The summed E-state index contributed by atoms with van der Waals surface area (Å²) in [5.41, 5.74) is 2.87. The number of hydrogen-bond donors (Lipinski definition) is 1. The topological polar surface area (TPSA) is 38.8 Å². The first-order valence-electron chi connectivity index (χ1n) is 12.7. The smallest absolute Gasteiger partial charge is 0.223 e. The summed E-state index contributed by atoms with van der Waals surface area (Å²) in [5.74, 6) is 0.518. The molecule has 0 bridgehead atoms. The number of likely N-dealkylation sites (tertiary alicyclic amines) is 3. The number of nitrogens with zero attached hydrogens (tertiary/aromatic N) is 3. The molecule has 1 atom stereocenters. The van der Waals surface area contributed by atoms with Crippen molar-refractivity contribution in [2.75, 3.05) is 45.8 Å². The van der Waals surface area contributed by atoms with Gasteiger partial charge >= 0.3 is 0 Å². The highest BCUT2D eigenvalue weighted by Crippen LogP contribution is 2.25. The maximum absolute atomic E-state index is 12.7. The molecule has 0 aromatic heterocycles. The predicted octanol–water partition coefficient (Wildman–Crippen LogP) is 3.27. The monoisotopic (exact) mass is 426 g/mol. The van der Waals surface area contributed by atoms with Gasteiger partial charge in [-0.25, -0.2) is 0 Å². The van der Waals surface area contributed by atoms with Gasteiger partial charge in [0.25, 0.3) is 0 Å². The van der Waals surface area contributed by atoms with Crippen LogP contribution in [0.4, 0.5) is 0 Å². The number of nitrogens with one attached hydrogen (secondary N) is 1. The van der Waals surface area contributed by atoms with E-state index in [0.29, 0.717) is 18.0 Å². The SMILES string of the molecule is CCN1CCC[C@@H]1CNC(=O)C1CCN(C2CCN(Cc3ccccc3C)CC2)CC1. The lowest BCUT2D eigenvalue weighted by atomic mass is 9.92. The quantitative estimate of drug-likeness (QED) is 0.726. The normalized spacial score (nSPS) is 25.2. The number of hydrogen-bond acceptors (Lipinski definition) is 4. The third-order valence-electron chi connectivity index (χ3n) is 8.05. The van der Waals surface area contributed by atoms with E-state index >= 15 is 0 Å². The maximum Gasteiger partial charge on any atom is 0.223 e. The summed E-state index contributed by atoms with van der Waals surface area (Å²) < 4.78 is 0. The summed E-state index contributed by atoms with van der Waals surface area (Å²) in [5, 5.41) is 3.28. The zero-order valence-electron chi connectivity index (χ0n) is 19.7. The molecule has 1 aromatic rings. The van der Waals surface area contributed by atoms with E-state index in [9.17, 15) is 4.79 Å². The first-order chi connectivity index (χ1) is 15.1. The second-order valence-electron chi connectivity index (χ2n) is 9.91. The van der Waals surface area contributed by atoms with Crippen LogP contribution in [0, 0.1) is 12.8 Å². The molecule has 0 unspecified atom stereocenters. The minimum atomic E-state index is 0.217. The van der Waals surface area contributed by atoms with Crippen LogP contribution >= 0.6 is 0 Å². The van der Waals surface area contributed by atoms with Gasteiger partial charge in [-0.1, -0.05) is 31.2 Å². The van der Waals surface area contributed by atoms with Gasteiger partial charge < -0.3 is 10.2 Å². The number of carbonyl (C=O) groups is 1. The van der Waals surface area contributed by atoms with Crippen molar-refractivity contribution in [2.45, 2.75) is 71.0 Å². The Morgan fingerprint density at radius 2 is 1.74 bits per heavy atom. The van der Waals surface area contributed by atoms with Crippen molar-refractivity contribution < 1.29 is 4.79 Å². The van der Waals surface area contributed by atoms with Crippen molar-refractivity contribution in [3.63, 3.8) is 0 Å². The molecule has 0 saturated carbocycles. The second kappa shape index (κ2) is 10.9. The number of likely N-dealkylation sites (N-methyl/N-ethyl adjacent to an activating group) is 1. The van der Waals surface area contributed by atoms with E-state index in [4.69, 9.17) is 0 Å². The molecule has 3 saturated heterocycles. The van der Waals surface area contributed by atoms with E-state index in [1.54, 1.807) is 0 Å². The summed E-state index contributed by atoms with van der Waals surface area (Å²) in [6.07, 6.45) is 7.08. The number of carbonyl (C=O) groups excluding carboxylic acids is 1. The van der Waals surface area contributed by atoms with E-state index < -0.39 is 0 Å². The van der Waals surface area contributed by atoms with Gasteiger partial charge in [0, 0.05) is 31.1 Å². The van der Waals surface area contributed by atoms with Gasteiger partial charge in [0.1, 0.15) is 0 Å². The zero-order valence-corrected chi connectivity index (χ0v) is 19.7. The Balaban J connectivity index is 1.16. The van der Waals surface area contributed by atoms with Gasteiger partial charge in [0.2, 0.25) is 5.91 Å². The summed E-state index contributed by atoms with van der Waals surface area (Å²) in [7, 11) is 0. The van der Waals surface area contributed by atoms with E-state index in [1.165, 1.54) is 56.4 Å². The third kappa shape index (κ3) is 5.88. The molecule has 3 aliphatic rings. The molecule has 0 radical (unpaired) electrons. The molecule has 3 aliphatic heterocycles. The van der Waals surface area contributed by atoms with Crippen LogP contribution in [-0.4, -0.2) is 78.5 Å². The average molecular weight is 427 g/mol. The fraction of sp³-hybridized carbons (Fsp3) is 0.731. The minimum absolute atomic E-state index is 0.217. The van der Waals surface area contributed by atoms with Crippen molar-refractivity contribution in [1.82, 2.24) is 20.0 Å². The highest BCUT2D eigenvalue weighted by Gasteiger charge is 2.31. The van der Waals surface area contributed by atoms with Gasteiger partial charge in [0.15, 0.2) is 0 Å². The number of aryl methyl sites for hydroxylation is 1. The summed E-state index contributed by atoms with van der Waals surface area (Å²) in [6.45, 7) is 13.2. The Kier molecular flexibility index (Phi) is 8.02. The number of amides is 1. The number of benzene rings is 1. The Hall–Kier alpha value is -1.43. The fourth-order valence-electron chi connectivity index (χ4n) is 5.90. The van der Waals surface area contributed by atoms with Crippen LogP contribution in [0.25, 0.3) is 0 Å². The molecule has 5 heteroatoms. The molecule has 0 spiro atoms. The highest BCUT2D eigenvalue weighted by atomic mass is 16.1. The van der Waals surface area contributed by atoms with Crippen molar-refractivity contribution >= 4 is 5.91 Å². The lowest BCUT2D eigenvalue weighted by Gasteiger charge is -2.41. The summed E-state index contributed by atoms with van der Waals surface area (Å²) >= 11 is 0. The van der Waals surface area contributed by atoms with Gasteiger partial charge in [-0.3, -0.25) is 14.6 Å². The molecule has 3 heterocycles. The van der Waals surface area contributed by atoms with Crippen molar-refractivity contribution in [1.29, 1.82) is 0 Å². The molecule has 5 nitrogen and oxygen atoms in total. The first-order valence-corrected chi connectivity index (χ1v) is 12.7. The Morgan fingerprint density at radius 1 is 1.00 bits per heavy atom. The third-order valence-corrected chi connectivity index (χ3v) is 8.05. The van der Waals surface area contributed by atoms with E-state index in [2.05, 4.69) is 58.1 Å². The van der Waals surface area contributed by atoms with Crippen LogP contribution in [0.1, 0.15) is 56.6 Å². The van der Waals surface area contributed by atoms with Crippen LogP contribution in [0.5, 0.6) is 0 Å². The molecule has 1 amide bonds. The summed E-state index contributed by atoms with van der Waals surface area (Å²) in [6, 6.07) is 10.0. The molecule has 4 rings (SSSR count). The molecule has 172 valence electrons. The zero-order chi connectivity index (χ0) is 21.6. The predicted molar refractivity (Wildman–Crippen MR) is 127 cm³/mol. The van der Waals surface area contributed by atoms with Crippen LogP contribution < -0.4 is 5.32 Å².